The first-order valence-electron chi connectivity index (χ1n) is 7.10. The van der Waals surface area contributed by atoms with Crippen molar-refractivity contribution in [3.05, 3.63) is 47.5 Å². The number of hydrogen-bond donors (Lipinski definition) is 1. The highest BCUT2D eigenvalue weighted by molar-refractivity contribution is 5.87. The van der Waals surface area contributed by atoms with E-state index in [9.17, 15) is 5.11 Å². The van der Waals surface area contributed by atoms with Crippen LogP contribution in [-0.4, -0.2) is 5.11 Å². The minimum atomic E-state index is -0.787. The van der Waals surface area contributed by atoms with Gasteiger partial charge in [0.1, 0.15) is 0 Å². The summed E-state index contributed by atoms with van der Waals surface area (Å²) in [7, 11) is 0. The molecule has 0 aliphatic carbocycles. The Labute approximate surface area is 116 Å². The maximum absolute atomic E-state index is 11.3. The van der Waals surface area contributed by atoms with E-state index in [-0.39, 0.29) is 11.8 Å². The molecule has 0 saturated heterocycles. The fraction of sp³-hybridized carbons (Fsp3) is 0.444. The van der Waals surface area contributed by atoms with Gasteiger partial charge in [-0.3, -0.25) is 0 Å². The third kappa shape index (κ3) is 2.17. The molecule has 2 aromatic rings. The molecule has 0 radical (unpaired) electrons. The van der Waals surface area contributed by atoms with Crippen molar-refractivity contribution in [1.82, 2.24) is 0 Å². The molecule has 0 heterocycles. The molecular weight excluding hydrogens is 232 g/mol. The molecule has 0 amide bonds. The van der Waals surface area contributed by atoms with Gasteiger partial charge >= 0.3 is 0 Å². The van der Waals surface area contributed by atoms with Crippen LogP contribution in [0.4, 0.5) is 0 Å². The Morgan fingerprint density at radius 3 is 2.05 bits per heavy atom. The lowest BCUT2D eigenvalue weighted by molar-refractivity contribution is -0.0522. The second-order valence-corrected chi connectivity index (χ2v) is 6.11. The average molecular weight is 256 g/mol. The van der Waals surface area contributed by atoms with Gasteiger partial charge in [0.2, 0.25) is 0 Å². The molecule has 0 fully saturated rings. The van der Waals surface area contributed by atoms with Crippen LogP contribution in [0.2, 0.25) is 0 Å². The lowest BCUT2D eigenvalue weighted by Crippen LogP contribution is -2.38. The Kier molecular flexibility index (Phi) is 3.69. The van der Waals surface area contributed by atoms with Crippen LogP contribution >= 0.6 is 0 Å². The molecule has 0 atom stereocenters. The van der Waals surface area contributed by atoms with Crippen LogP contribution in [0.15, 0.2) is 36.4 Å². The molecule has 0 saturated carbocycles. The van der Waals surface area contributed by atoms with Crippen molar-refractivity contribution >= 4 is 10.8 Å². The zero-order valence-electron chi connectivity index (χ0n) is 12.6. The standard InChI is InChI=1S/C18H24O/c1-12(2)18(19,13(3)4)17-14(5)10-11-15-8-6-7-9-16(15)17/h6-13,19H,1-5H3. The first-order valence-corrected chi connectivity index (χ1v) is 7.10. The van der Waals surface area contributed by atoms with Crippen LogP contribution < -0.4 is 0 Å². The van der Waals surface area contributed by atoms with Crippen molar-refractivity contribution in [1.29, 1.82) is 0 Å². The molecule has 2 aromatic carbocycles. The first-order chi connectivity index (χ1) is 8.89. The van der Waals surface area contributed by atoms with Crippen LogP contribution in [0.5, 0.6) is 0 Å². The van der Waals surface area contributed by atoms with Gasteiger partial charge in [-0.05, 0) is 40.7 Å². The van der Waals surface area contributed by atoms with Crippen molar-refractivity contribution in [3.8, 4) is 0 Å². The van der Waals surface area contributed by atoms with Gasteiger partial charge in [-0.2, -0.15) is 0 Å². The molecule has 1 heteroatoms. The van der Waals surface area contributed by atoms with Crippen LogP contribution in [-0.2, 0) is 5.60 Å². The Hall–Kier alpha value is -1.34. The largest absolute Gasteiger partial charge is 0.385 e. The summed E-state index contributed by atoms with van der Waals surface area (Å²) in [4.78, 5) is 0. The predicted molar refractivity (Wildman–Crippen MR) is 82.3 cm³/mol. The lowest BCUT2D eigenvalue weighted by atomic mass is 9.72. The molecule has 0 unspecified atom stereocenters. The van der Waals surface area contributed by atoms with Crippen molar-refractivity contribution < 1.29 is 5.11 Å². The highest BCUT2D eigenvalue weighted by atomic mass is 16.3. The van der Waals surface area contributed by atoms with E-state index in [4.69, 9.17) is 0 Å². The zero-order chi connectivity index (χ0) is 14.2. The summed E-state index contributed by atoms with van der Waals surface area (Å²) < 4.78 is 0. The van der Waals surface area contributed by atoms with Gasteiger partial charge in [-0.15, -0.1) is 0 Å². The van der Waals surface area contributed by atoms with Crippen molar-refractivity contribution in [3.63, 3.8) is 0 Å². The van der Waals surface area contributed by atoms with Gasteiger partial charge in [-0.25, -0.2) is 0 Å². The normalized spacial score (nSPS) is 12.6. The Morgan fingerprint density at radius 1 is 0.895 bits per heavy atom. The summed E-state index contributed by atoms with van der Waals surface area (Å²) in [5, 5.41) is 13.7. The zero-order valence-corrected chi connectivity index (χ0v) is 12.6. The summed E-state index contributed by atoms with van der Waals surface area (Å²) >= 11 is 0. The minimum absolute atomic E-state index is 0.178. The molecule has 1 nitrogen and oxygen atoms in total. The van der Waals surface area contributed by atoms with Crippen molar-refractivity contribution in [2.75, 3.05) is 0 Å². The molecule has 0 spiro atoms. The fourth-order valence-corrected chi connectivity index (χ4v) is 3.16. The maximum atomic E-state index is 11.3. The van der Waals surface area contributed by atoms with Crippen molar-refractivity contribution in [2.45, 2.75) is 40.2 Å². The van der Waals surface area contributed by atoms with E-state index in [2.05, 4.69) is 58.9 Å². The van der Waals surface area contributed by atoms with E-state index < -0.39 is 5.60 Å². The maximum Gasteiger partial charge on any atom is 0.0950 e. The molecule has 0 bridgehead atoms. The van der Waals surface area contributed by atoms with E-state index >= 15 is 0 Å². The van der Waals surface area contributed by atoms with Gasteiger partial charge < -0.3 is 5.11 Å². The number of rotatable bonds is 3. The predicted octanol–water partition coefficient (Wildman–Crippen LogP) is 4.65. The molecule has 0 aliphatic heterocycles. The lowest BCUT2D eigenvalue weighted by Gasteiger charge is -2.38. The molecular formula is C18H24O. The van der Waals surface area contributed by atoms with Crippen LogP contribution in [0.1, 0.15) is 38.8 Å². The van der Waals surface area contributed by atoms with E-state index in [0.29, 0.717) is 0 Å². The Morgan fingerprint density at radius 2 is 1.47 bits per heavy atom. The van der Waals surface area contributed by atoms with E-state index in [1.807, 2.05) is 12.1 Å². The molecule has 102 valence electrons. The minimum Gasteiger partial charge on any atom is -0.385 e. The van der Waals surface area contributed by atoms with Crippen LogP contribution in [0.3, 0.4) is 0 Å². The monoisotopic (exact) mass is 256 g/mol. The van der Waals surface area contributed by atoms with Gasteiger partial charge in [-0.1, -0.05) is 64.1 Å². The smallest absolute Gasteiger partial charge is 0.0950 e. The molecule has 19 heavy (non-hydrogen) atoms. The van der Waals surface area contributed by atoms with Gasteiger partial charge in [0.05, 0.1) is 5.60 Å². The molecule has 1 N–H and O–H groups in total. The summed E-state index contributed by atoms with van der Waals surface area (Å²) in [6, 6.07) is 12.6. The number of fused-ring (bicyclic) bond motifs is 1. The molecule has 2 rings (SSSR count). The Bertz CT molecular complexity index is 573. The van der Waals surface area contributed by atoms with E-state index in [1.165, 1.54) is 16.3 Å². The third-order valence-electron chi connectivity index (χ3n) is 4.30. The van der Waals surface area contributed by atoms with Gasteiger partial charge in [0.25, 0.3) is 0 Å². The topological polar surface area (TPSA) is 20.2 Å². The van der Waals surface area contributed by atoms with E-state index in [1.54, 1.807) is 0 Å². The third-order valence-corrected chi connectivity index (χ3v) is 4.30. The molecule has 0 aliphatic rings. The Balaban J connectivity index is 2.83. The molecule has 0 aromatic heterocycles. The summed E-state index contributed by atoms with van der Waals surface area (Å²) in [5.74, 6) is 0.356. The van der Waals surface area contributed by atoms with Crippen LogP contribution in [0, 0.1) is 18.8 Å². The average Bonchev–Trinajstić information content (AvgIpc) is 2.37. The number of aliphatic hydroxyl groups is 1. The quantitative estimate of drug-likeness (QED) is 0.847. The summed E-state index contributed by atoms with van der Waals surface area (Å²) in [5.41, 5.74) is 1.48. The van der Waals surface area contributed by atoms with Crippen molar-refractivity contribution in [2.24, 2.45) is 11.8 Å². The van der Waals surface area contributed by atoms with Gasteiger partial charge in [0, 0.05) is 0 Å². The SMILES string of the molecule is Cc1ccc2ccccc2c1C(O)(C(C)C)C(C)C. The second-order valence-electron chi connectivity index (χ2n) is 6.11. The summed E-state index contributed by atoms with van der Waals surface area (Å²) in [6.45, 7) is 10.5. The number of benzene rings is 2. The van der Waals surface area contributed by atoms with Crippen LogP contribution in [0.25, 0.3) is 10.8 Å². The summed E-state index contributed by atoms with van der Waals surface area (Å²) in [6.07, 6.45) is 0. The van der Waals surface area contributed by atoms with Gasteiger partial charge in [0.15, 0.2) is 0 Å². The number of hydrogen-bond acceptors (Lipinski definition) is 1. The fourth-order valence-electron chi connectivity index (χ4n) is 3.16. The highest BCUT2D eigenvalue weighted by Crippen LogP contribution is 2.41. The number of aryl methyl sites for hydroxylation is 1. The highest BCUT2D eigenvalue weighted by Gasteiger charge is 2.38. The first kappa shape index (κ1) is 14.1. The van der Waals surface area contributed by atoms with E-state index in [0.717, 1.165) is 5.56 Å². The second kappa shape index (κ2) is 4.97.